The van der Waals surface area contributed by atoms with Crippen molar-refractivity contribution in [3.63, 3.8) is 0 Å². The van der Waals surface area contributed by atoms with E-state index in [9.17, 15) is 4.79 Å². The molecule has 0 saturated carbocycles. The molecule has 0 fully saturated rings. The van der Waals surface area contributed by atoms with Crippen LogP contribution in [0.3, 0.4) is 0 Å². The van der Waals surface area contributed by atoms with Gasteiger partial charge in [-0.05, 0) is 97.2 Å². The number of benzene rings is 2. The van der Waals surface area contributed by atoms with Gasteiger partial charge in [-0.3, -0.25) is 4.79 Å². The van der Waals surface area contributed by atoms with Crippen LogP contribution in [0, 0.1) is 22.7 Å². The molecule has 2 radical (unpaired) electrons. The number of unbranched alkanes of at least 4 members (excludes halogenated alkanes) is 2. The van der Waals surface area contributed by atoms with E-state index in [-0.39, 0.29) is 29.5 Å². The van der Waals surface area contributed by atoms with Crippen LogP contribution in [-0.2, 0) is 20.1 Å². The van der Waals surface area contributed by atoms with E-state index in [1.54, 1.807) is 0 Å². The Hall–Kier alpha value is -2.18. The molecule has 218 valence electrons. The van der Waals surface area contributed by atoms with Crippen molar-refractivity contribution in [2.75, 3.05) is 0 Å². The number of hydrogen-bond acceptors (Lipinski definition) is 3. The van der Waals surface area contributed by atoms with Gasteiger partial charge in [0, 0.05) is 17.5 Å². The molecule has 2 atom stereocenters. The van der Waals surface area contributed by atoms with Gasteiger partial charge in [0.1, 0.15) is 0 Å². The first-order valence-corrected chi connectivity index (χ1v) is 19.3. The van der Waals surface area contributed by atoms with Gasteiger partial charge < -0.3 is 14.0 Å². The maximum Gasteiger partial charge on any atom is 0.303 e. The van der Waals surface area contributed by atoms with Crippen LogP contribution in [0.5, 0.6) is 0 Å². The number of aryl methyl sites for hydroxylation is 1. The topological polar surface area (TPSA) is 55.8 Å². The van der Waals surface area contributed by atoms with Gasteiger partial charge in [-0.15, -0.1) is 0 Å². The second-order valence-corrected chi connectivity index (χ2v) is 17.4. The summed E-state index contributed by atoms with van der Waals surface area (Å²) in [5.74, 6) is 6.09. The molecule has 1 N–H and O–H groups in total. The Labute approximate surface area is 247 Å². The van der Waals surface area contributed by atoms with Crippen molar-refractivity contribution in [1.29, 1.82) is 0 Å². The van der Waals surface area contributed by atoms with E-state index in [2.05, 4.69) is 122 Å². The van der Waals surface area contributed by atoms with Crippen LogP contribution in [0.1, 0.15) is 107 Å². The lowest BCUT2D eigenvalue weighted by molar-refractivity contribution is -0.137. The minimum absolute atomic E-state index is 0.0292. The van der Waals surface area contributed by atoms with Crippen molar-refractivity contribution in [2.45, 2.75) is 112 Å². The molecule has 2 rings (SSSR count). The second-order valence-electron chi connectivity index (χ2n) is 13.3. The van der Waals surface area contributed by atoms with Crippen LogP contribution in [0.25, 0.3) is 0 Å². The molecule has 6 heteroatoms. The Kier molecular flexibility index (Phi) is 12.9. The second kappa shape index (κ2) is 15.2. The van der Waals surface area contributed by atoms with Crippen molar-refractivity contribution in [3.05, 3.63) is 70.3 Å². The highest BCUT2D eigenvalue weighted by Crippen LogP contribution is 2.45. The van der Waals surface area contributed by atoms with Crippen molar-refractivity contribution >= 4 is 24.0 Å². The van der Waals surface area contributed by atoms with Crippen LogP contribution in [-0.4, -0.2) is 29.2 Å². The fraction of sp³-hybridized carbons (Fsp3) is 0.559. The molecule has 4 nitrogen and oxygen atoms in total. The van der Waals surface area contributed by atoms with E-state index in [1.165, 1.54) is 16.7 Å². The Morgan fingerprint density at radius 1 is 0.775 bits per heavy atom. The molecule has 0 heterocycles. The summed E-state index contributed by atoms with van der Waals surface area (Å²) in [4.78, 5) is 10.7. The summed E-state index contributed by atoms with van der Waals surface area (Å²) in [6, 6.07) is 15.0. The van der Waals surface area contributed by atoms with Crippen LogP contribution in [0.2, 0.25) is 26.2 Å². The lowest BCUT2D eigenvalue weighted by atomic mass is 9.77. The first kappa shape index (κ1) is 34.0. The zero-order valence-corrected chi connectivity index (χ0v) is 28.4. The maximum atomic E-state index is 10.7. The average molecular weight is 579 g/mol. The van der Waals surface area contributed by atoms with Gasteiger partial charge in [-0.2, -0.15) is 0 Å². The van der Waals surface area contributed by atoms with Gasteiger partial charge in [0.05, 0.1) is 12.2 Å². The van der Waals surface area contributed by atoms with Crippen molar-refractivity contribution in [2.24, 2.45) is 10.8 Å². The van der Waals surface area contributed by atoms with Gasteiger partial charge in [0.2, 0.25) is 18.1 Å². The van der Waals surface area contributed by atoms with E-state index in [1.807, 2.05) is 0 Å². The van der Waals surface area contributed by atoms with Crippen LogP contribution < -0.4 is 0 Å². The molecular formula is C34H50O4Si2. The molecule has 2 aromatic rings. The van der Waals surface area contributed by atoms with E-state index in [0.717, 1.165) is 36.8 Å². The molecule has 2 unspecified atom stereocenters. The molecule has 0 amide bonds. The molecule has 0 aliphatic heterocycles. The zero-order valence-electron chi connectivity index (χ0n) is 26.4. The Bertz CT molecular complexity index is 1160. The standard InChI is InChI=1S/C34H50O4Si2/c1-33(2,3)31(37-39(7)8)28-22-21-27(24-29(28)32(34(4,5)6)38-40(9)10)20-19-26-17-14-16-25(23-26)15-12-11-13-18-30(35)36/h14,16-17,21-24,31-32H,11-13,15,18H2,1-10H3,(H,35,36). The van der Waals surface area contributed by atoms with E-state index < -0.39 is 24.0 Å². The van der Waals surface area contributed by atoms with Gasteiger partial charge >= 0.3 is 5.97 Å². The minimum Gasteiger partial charge on any atom is -0.481 e. The molecule has 2 aromatic carbocycles. The summed E-state index contributed by atoms with van der Waals surface area (Å²) in [6.07, 6.45) is 3.72. The number of rotatable bonds is 12. The van der Waals surface area contributed by atoms with Gasteiger partial charge in [0.15, 0.2) is 0 Å². The molecule has 0 saturated heterocycles. The molecule has 40 heavy (non-hydrogen) atoms. The summed E-state index contributed by atoms with van der Waals surface area (Å²) in [5.41, 5.74) is 5.44. The smallest absolute Gasteiger partial charge is 0.303 e. The maximum absolute atomic E-state index is 10.7. The lowest BCUT2D eigenvalue weighted by Gasteiger charge is -2.39. The van der Waals surface area contributed by atoms with E-state index in [0.29, 0.717) is 0 Å². The summed E-state index contributed by atoms with van der Waals surface area (Å²) < 4.78 is 13.3. The quantitative estimate of drug-likeness (QED) is 0.155. The average Bonchev–Trinajstić information content (AvgIpc) is 2.83. The van der Waals surface area contributed by atoms with Crippen molar-refractivity contribution < 1.29 is 18.8 Å². The lowest BCUT2D eigenvalue weighted by Crippen LogP contribution is -2.31. The highest BCUT2D eigenvalue weighted by molar-refractivity contribution is 6.48. The Balaban J connectivity index is 2.46. The van der Waals surface area contributed by atoms with Crippen molar-refractivity contribution in [1.82, 2.24) is 0 Å². The molecular weight excluding hydrogens is 529 g/mol. The minimum atomic E-state index is -0.949. The highest BCUT2D eigenvalue weighted by atomic mass is 28.3. The number of carboxylic acids is 1. The van der Waals surface area contributed by atoms with Crippen LogP contribution >= 0.6 is 0 Å². The number of carbonyl (C=O) groups is 1. The highest BCUT2D eigenvalue weighted by Gasteiger charge is 2.36. The largest absolute Gasteiger partial charge is 0.481 e. The third-order valence-corrected chi connectivity index (χ3v) is 7.98. The van der Waals surface area contributed by atoms with Crippen LogP contribution in [0.15, 0.2) is 42.5 Å². The molecule has 0 bridgehead atoms. The Morgan fingerprint density at radius 3 is 1.85 bits per heavy atom. The zero-order chi connectivity index (χ0) is 30.1. The summed E-state index contributed by atoms with van der Waals surface area (Å²) in [7, 11) is -1.87. The van der Waals surface area contributed by atoms with Gasteiger partial charge in [-0.25, -0.2) is 0 Å². The van der Waals surface area contributed by atoms with Gasteiger partial charge in [-0.1, -0.05) is 78.0 Å². The third kappa shape index (κ3) is 11.4. The number of aliphatic carboxylic acids is 1. The molecule has 0 aromatic heterocycles. The predicted molar refractivity (Wildman–Crippen MR) is 170 cm³/mol. The number of carboxylic acid groups (broad SMARTS) is 1. The fourth-order valence-electron chi connectivity index (χ4n) is 4.73. The third-order valence-electron chi connectivity index (χ3n) is 6.57. The normalized spacial score (nSPS) is 13.7. The van der Waals surface area contributed by atoms with E-state index >= 15 is 0 Å². The fourth-order valence-corrected chi connectivity index (χ4v) is 6.64. The van der Waals surface area contributed by atoms with E-state index in [4.69, 9.17) is 14.0 Å². The first-order chi connectivity index (χ1) is 18.6. The van der Waals surface area contributed by atoms with Crippen molar-refractivity contribution in [3.8, 4) is 11.8 Å². The SMILES string of the molecule is C[Si](C)OC(c1ccc(C#Cc2cccc(CCCCCC(=O)O)c2)cc1C(O[Si](C)C)C(C)(C)C)C(C)(C)C. The summed E-state index contributed by atoms with van der Waals surface area (Å²) in [5, 5.41) is 8.83. The summed E-state index contributed by atoms with van der Waals surface area (Å²) >= 11 is 0. The Morgan fingerprint density at radius 2 is 1.32 bits per heavy atom. The predicted octanol–water partition coefficient (Wildman–Crippen LogP) is 8.98. The van der Waals surface area contributed by atoms with Gasteiger partial charge in [0.25, 0.3) is 0 Å². The van der Waals surface area contributed by atoms with Crippen LogP contribution in [0.4, 0.5) is 0 Å². The molecule has 0 aliphatic rings. The first-order valence-electron chi connectivity index (χ1n) is 14.5. The molecule has 0 spiro atoms. The monoisotopic (exact) mass is 578 g/mol. The molecule has 0 aliphatic carbocycles. The summed E-state index contributed by atoms with van der Waals surface area (Å²) in [6.45, 7) is 22.3. The number of hydrogen-bond donors (Lipinski definition) is 1.